The van der Waals surface area contributed by atoms with Gasteiger partial charge in [-0.05, 0) is 19.3 Å². The van der Waals surface area contributed by atoms with Gasteiger partial charge in [0.15, 0.2) is 0 Å². The number of hydrogen-bond donors (Lipinski definition) is 0. The Labute approximate surface area is 138 Å². The predicted molar refractivity (Wildman–Crippen MR) is 95.8 cm³/mol. The zero-order valence-electron chi connectivity index (χ0n) is 15.0. The first-order chi connectivity index (χ1) is 10.2. The van der Waals surface area contributed by atoms with E-state index in [4.69, 9.17) is 4.43 Å². The minimum Gasteiger partial charge on any atom is -0.413 e. The van der Waals surface area contributed by atoms with E-state index in [9.17, 15) is 0 Å². The molecule has 2 heteroatoms. The van der Waals surface area contributed by atoms with Gasteiger partial charge in [0.25, 0.3) is 0 Å². The minimum atomic E-state index is 0.103. The molecule has 21 heavy (non-hydrogen) atoms. The summed E-state index contributed by atoms with van der Waals surface area (Å²) in [5.41, 5.74) is 0.103. The first-order valence-corrected chi connectivity index (χ1v) is 10.00. The van der Waals surface area contributed by atoms with Gasteiger partial charge in [-0.1, -0.05) is 97.8 Å². The van der Waals surface area contributed by atoms with Gasteiger partial charge in [-0.2, -0.15) is 0 Å². The summed E-state index contributed by atoms with van der Waals surface area (Å²) in [7, 11) is 3.43. The van der Waals surface area contributed by atoms with Crippen molar-refractivity contribution in [2.24, 2.45) is 0 Å². The number of unbranched alkanes of at least 4 members (excludes halogenated alkanes) is 9. The lowest BCUT2D eigenvalue weighted by Gasteiger charge is -2.34. The van der Waals surface area contributed by atoms with Crippen LogP contribution < -0.4 is 0 Å². The zero-order valence-corrected chi connectivity index (χ0v) is 16.0. The van der Waals surface area contributed by atoms with Gasteiger partial charge in [0, 0.05) is 0 Å². The average molecular weight is 312 g/mol. The van der Waals surface area contributed by atoms with Gasteiger partial charge in [-0.15, -0.1) is 0 Å². The van der Waals surface area contributed by atoms with Crippen molar-refractivity contribution in [1.29, 1.82) is 0 Å². The summed E-state index contributed by atoms with van der Waals surface area (Å²) in [5.74, 6) is 0. The van der Waals surface area contributed by atoms with Gasteiger partial charge in [-0.3, -0.25) is 0 Å². The lowest BCUT2D eigenvalue weighted by atomic mass is 9.85. The largest absolute Gasteiger partial charge is 0.413 e. The van der Waals surface area contributed by atoms with E-state index in [1.165, 1.54) is 96.3 Å². The van der Waals surface area contributed by atoms with Gasteiger partial charge < -0.3 is 4.43 Å². The Hall–Kier alpha value is 0.177. The zero-order chi connectivity index (χ0) is 15.8. The average Bonchev–Trinajstić information content (AvgIpc) is 2.51. The molecule has 0 atom stereocenters. The topological polar surface area (TPSA) is 9.23 Å². The highest BCUT2D eigenvalue weighted by atomic mass is 28.2. The van der Waals surface area contributed by atoms with Crippen molar-refractivity contribution in [2.45, 2.75) is 123 Å². The Morgan fingerprint density at radius 1 is 0.571 bits per heavy atom. The van der Waals surface area contributed by atoms with E-state index < -0.39 is 0 Å². The van der Waals surface area contributed by atoms with E-state index >= 15 is 0 Å². The van der Waals surface area contributed by atoms with E-state index in [1.807, 2.05) is 0 Å². The predicted octanol–water partition coefficient (Wildman–Crippen LogP) is 6.74. The summed E-state index contributed by atoms with van der Waals surface area (Å²) in [4.78, 5) is 0. The van der Waals surface area contributed by atoms with Crippen molar-refractivity contribution in [3.05, 3.63) is 0 Å². The molecule has 0 aliphatic carbocycles. The third kappa shape index (κ3) is 11.4. The molecule has 0 fully saturated rings. The van der Waals surface area contributed by atoms with Crippen LogP contribution in [-0.4, -0.2) is 16.1 Å². The van der Waals surface area contributed by atoms with Crippen molar-refractivity contribution in [1.82, 2.24) is 0 Å². The maximum atomic E-state index is 5.88. The van der Waals surface area contributed by atoms with E-state index in [1.54, 1.807) is 0 Å². The standard InChI is InChI=1S/C19H39OSi/c1-4-7-10-13-16-19(20-21,17-14-11-8-5-2)18-15-12-9-6-3/h4-18H2,1-3H3. The summed E-state index contributed by atoms with van der Waals surface area (Å²) in [6.07, 6.45) is 19.8. The fraction of sp³-hybridized carbons (Fsp3) is 1.00. The Balaban J connectivity index is 4.22. The molecule has 0 aromatic carbocycles. The molecule has 3 radical (unpaired) electrons. The van der Waals surface area contributed by atoms with Crippen LogP contribution in [-0.2, 0) is 4.43 Å². The first-order valence-electron chi connectivity index (χ1n) is 9.59. The van der Waals surface area contributed by atoms with Crippen molar-refractivity contribution >= 4 is 10.5 Å². The molecule has 0 saturated carbocycles. The molecule has 0 heterocycles. The molecule has 0 aliphatic heterocycles. The SMILES string of the molecule is CCCCCCC(CCCCCC)(CCCCCC)O[Si]. The summed E-state index contributed by atoms with van der Waals surface area (Å²) in [6, 6.07) is 0. The fourth-order valence-corrected chi connectivity index (χ4v) is 3.46. The van der Waals surface area contributed by atoms with Crippen LogP contribution in [0.3, 0.4) is 0 Å². The van der Waals surface area contributed by atoms with Gasteiger partial charge >= 0.3 is 0 Å². The summed E-state index contributed by atoms with van der Waals surface area (Å²) in [6.45, 7) is 6.84. The molecule has 0 unspecified atom stereocenters. The monoisotopic (exact) mass is 311 g/mol. The van der Waals surface area contributed by atoms with Crippen LogP contribution in [0.15, 0.2) is 0 Å². The molecule has 0 aliphatic rings. The van der Waals surface area contributed by atoms with Crippen LogP contribution in [0, 0.1) is 0 Å². The highest BCUT2D eigenvalue weighted by molar-refractivity contribution is 5.98. The Kier molecular flexibility index (Phi) is 15.2. The summed E-state index contributed by atoms with van der Waals surface area (Å²) in [5, 5.41) is 0. The molecule has 0 amide bonds. The maximum Gasteiger partial charge on any atom is 0.247 e. The second-order valence-electron chi connectivity index (χ2n) is 6.72. The van der Waals surface area contributed by atoms with Crippen molar-refractivity contribution < 1.29 is 4.43 Å². The van der Waals surface area contributed by atoms with Gasteiger partial charge in [0.05, 0.1) is 5.60 Å². The number of hydrogen-bond acceptors (Lipinski definition) is 1. The quantitative estimate of drug-likeness (QED) is 0.227. The van der Waals surface area contributed by atoms with E-state index in [0.717, 1.165) is 0 Å². The lowest BCUT2D eigenvalue weighted by molar-refractivity contribution is 0.0424. The van der Waals surface area contributed by atoms with Crippen LogP contribution in [0.4, 0.5) is 0 Å². The fourth-order valence-electron chi connectivity index (χ4n) is 3.15. The molecule has 125 valence electrons. The molecule has 0 rings (SSSR count). The van der Waals surface area contributed by atoms with Gasteiger partial charge in [-0.25, -0.2) is 0 Å². The van der Waals surface area contributed by atoms with Crippen LogP contribution >= 0.6 is 0 Å². The highest BCUT2D eigenvalue weighted by Gasteiger charge is 2.27. The highest BCUT2D eigenvalue weighted by Crippen LogP contribution is 2.31. The molecule has 0 N–H and O–H groups in total. The van der Waals surface area contributed by atoms with Gasteiger partial charge in [0.1, 0.15) is 0 Å². The number of rotatable bonds is 16. The Bertz CT molecular complexity index is 174. The second kappa shape index (κ2) is 15.1. The third-order valence-corrected chi connectivity index (χ3v) is 5.11. The van der Waals surface area contributed by atoms with Crippen molar-refractivity contribution in [3.8, 4) is 0 Å². The molecule has 1 nitrogen and oxygen atoms in total. The molecule has 0 aromatic rings. The smallest absolute Gasteiger partial charge is 0.247 e. The van der Waals surface area contributed by atoms with E-state index in [2.05, 4.69) is 31.3 Å². The maximum absolute atomic E-state index is 5.88. The van der Waals surface area contributed by atoms with Crippen LogP contribution in [0.1, 0.15) is 117 Å². The molecule has 0 bridgehead atoms. The van der Waals surface area contributed by atoms with Crippen LogP contribution in [0.2, 0.25) is 0 Å². The van der Waals surface area contributed by atoms with Gasteiger partial charge in [0.2, 0.25) is 10.5 Å². The van der Waals surface area contributed by atoms with Crippen molar-refractivity contribution in [2.75, 3.05) is 0 Å². The van der Waals surface area contributed by atoms with Crippen LogP contribution in [0.25, 0.3) is 0 Å². The second-order valence-corrected chi connectivity index (χ2v) is 6.92. The Morgan fingerprint density at radius 3 is 1.14 bits per heavy atom. The molecule has 0 saturated heterocycles. The first kappa shape index (κ1) is 21.2. The minimum absolute atomic E-state index is 0.103. The van der Waals surface area contributed by atoms with Crippen LogP contribution in [0.5, 0.6) is 0 Å². The normalized spacial score (nSPS) is 12.0. The molecular formula is C19H39OSi. The van der Waals surface area contributed by atoms with E-state index in [-0.39, 0.29) is 5.60 Å². The third-order valence-electron chi connectivity index (χ3n) is 4.67. The van der Waals surface area contributed by atoms with E-state index in [0.29, 0.717) is 0 Å². The Morgan fingerprint density at radius 2 is 0.905 bits per heavy atom. The summed E-state index contributed by atoms with van der Waals surface area (Å²) >= 11 is 0. The molecule has 0 spiro atoms. The molecular weight excluding hydrogens is 272 g/mol. The summed E-state index contributed by atoms with van der Waals surface area (Å²) < 4.78 is 5.88. The molecule has 0 aromatic heterocycles. The lowest BCUT2D eigenvalue weighted by Crippen LogP contribution is -2.32. The van der Waals surface area contributed by atoms with Crippen molar-refractivity contribution in [3.63, 3.8) is 0 Å².